The zero-order chi connectivity index (χ0) is 5.28. The molecule has 0 spiro atoms. The Morgan fingerprint density at radius 2 is 2.43 bits per heavy atom. The lowest BCUT2D eigenvalue weighted by Gasteiger charge is -1.84. The molecule has 2 N–H and O–H groups in total. The monoisotopic (exact) mass is 98.1 g/mol. The molecule has 1 aromatic rings. The molecule has 0 radical (unpaired) electrons. The molecule has 1 rings (SSSR count). The first-order valence-electron chi connectivity index (χ1n) is 2.09. The van der Waals surface area contributed by atoms with Crippen LogP contribution in [0, 0.1) is 0 Å². The van der Waals surface area contributed by atoms with Gasteiger partial charge >= 0.3 is 0 Å². The summed E-state index contributed by atoms with van der Waals surface area (Å²) in [5.74, 6) is 5.32. The van der Waals surface area contributed by atoms with Crippen LogP contribution in [-0.4, -0.2) is 4.79 Å². The van der Waals surface area contributed by atoms with Gasteiger partial charge in [-0.05, 0) is 0 Å². The molecule has 0 aliphatic rings. The van der Waals surface area contributed by atoms with Crippen molar-refractivity contribution in [2.45, 2.75) is 0 Å². The van der Waals surface area contributed by atoms with Gasteiger partial charge in [0.15, 0.2) is 0 Å². The maximum atomic E-state index is 5.32. The molecule has 0 aromatic carbocycles. The molecule has 0 saturated carbocycles. The smallest absolute Gasteiger partial charge is 0.113 e. The average Bonchev–Trinajstić information content (AvgIpc) is 1.91. The lowest BCUT2D eigenvalue weighted by Crippen LogP contribution is -2.42. The summed E-state index contributed by atoms with van der Waals surface area (Å²) in [6.07, 6.45) is 3.65. The van der Waals surface area contributed by atoms with Gasteiger partial charge in [-0.2, -0.15) is 4.68 Å². The van der Waals surface area contributed by atoms with Crippen LogP contribution in [-0.2, 0) is 7.05 Å². The number of hydrogen-bond donors (Lipinski definition) is 1. The van der Waals surface area contributed by atoms with Gasteiger partial charge in [-0.3, -0.25) is 0 Å². The Morgan fingerprint density at radius 3 is 2.57 bits per heavy atom. The summed E-state index contributed by atoms with van der Waals surface area (Å²) in [6, 6.07) is 1.88. The van der Waals surface area contributed by atoms with Gasteiger partial charge in [0.05, 0.1) is 6.20 Å². The second kappa shape index (κ2) is 1.26. The Kier molecular flexibility index (Phi) is 0.749. The lowest BCUT2D eigenvalue weighted by molar-refractivity contribution is -0.748. The second-order valence-corrected chi connectivity index (χ2v) is 1.44. The van der Waals surface area contributed by atoms with E-state index in [0.29, 0.717) is 0 Å². The number of aryl methyl sites for hydroxylation is 1. The Balaban J connectivity index is 3.12. The van der Waals surface area contributed by atoms with Crippen molar-refractivity contribution in [2.24, 2.45) is 7.05 Å². The minimum Gasteiger partial charge on any atom is -0.219 e. The van der Waals surface area contributed by atoms with Gasteiger partial charge in [0.2, 0.25) is 0 Å². The van der Waals surface area contributed by atoms with Crippen molar-refractivity contribution in [1.82, 2.24) is 4.79 Å². The standard InChI is InChI=1S/C4H8N3/c1-6-3-2-4-7(6)5/h2-4H,5H2,1H3/q+1. The average molecular weight is 98.1 g/mol. The maximum absolute atomic E-state index is 5.32. The fourth-order valence-corrected chi connectivity index (χ4v) is 0.433. The van der Waals surface area contributed by atoms with E-state index in [2.05, 4.69) is 0 Å². The van der Waals surface area contributed by atoms with Crippen molar-refractivity contribution in [2.75, 3.05) is 5.84 Å². The zero-order valence-electron chi connectivity index (χ0n) is 4.20. The summed E-state index contributed by atoms with van der Waals surface area (Å²) in [4.78, 5) is 1.50. The maximum Gasteiger partial charge on any atom is 0.113 e. The van der Waals surface area contributed by atoms with E-state index in [1.807, 2.05) is 19.3 Å². The fraction of sp³-hybridized carbons (Fsp3) is 0.250. The molecule has 1 heterocycles. The molecule has 7 heavy (non-hydrogen) atoms. The van der Waals surface area contributed by atoms with Gasteiger partial charge in [-0.25, -0.2) is 5.84 Å². The van der Waals surface area contributed by atoms with Gasteiger partial charge < -0.3 is 0 Å². The largest absolute Gasteiger partial charge is 0.219 e. The number of nitrogens with zero attached hydrogens (tertiary/aromatic N) is 2. The van der Waals surface area contributed by atoms with Crippen LogP contribution >= 0.6 is 0 Å². The SMILES string of the molecule is C[n+]1cccn1N. The predicted octanol–water partition coefficient (Wildman–Crippen LogP) is -0.974. The van der Waals surface area contributed by atoms with Crippen molar-refractivity contribution in [3.05, 3.63) is 18.5 Å². The van der Waals surface area contributed by atoms with E-state index in [-0.39, 0.29) is 0 Å². The van der Waals surface area contributed by atoms with E-state index in [4.69, 9.17) is 5.84 Å². The Bertz CT molecular complexity index is 139. The van der Waals surface area contributed by atoms with Crippen LogP contribution in [0.25, 0.3) is 0 Å². The van der Waals surface area contributed by atoms with Crippen molar-refractivity contribution in [3.8, 4) is 0 Å². The molecule has 1 aromatic heterocycles. The number of nitrogens with two attached hydrogens (primary N) is 1. The molecule has 0 amide bonds. The Hall–Kier alpha value is -0.990. The molecule has 0 bridgehead atoms. The van der Waals surface area contributed by atoms with E-state index in [0.717, 1.165) is 0 Å². The molecule has 0 saturated heterocycles. The van der Waals surface area contributed by atoms with Crippen LogP contribution < -0.4 is 10.5 Å². The number of nitrogen functional groups attached to an aromatic ring is 1. The molecule has 3 heteroatoms. The minimum absolute atomic E-state index is 1.50. The minimum atomic E-state index is 1.50. The molecule has 0 aliphatic heterocycles. The van der Waals surface area contributed by atoms with E-state index in [1.54, 1.807) is 10.9 Å². The molecular formula is C4H8N3+. The highest BCUT2D eigenvalue weighted by molar-refractivity contribution is 4.70. The predicted molar refractivity (Wildman–Crippen MR) is 25.8 cm³/mol. The molecule has 0 aliphatic carbocycles. The number of aromatic nitrogens is 2. The highest BCUT2D eigenvalue weighted by Crippen LogP contribution is 1.67. The van der Waals surface area contributed by atoms with E-state index >= 15 is 0 Å². The van der Waals surface area contributed by atoms with Gasteiger partial charge in [-0.1, -0.05) is 4.79 Å². The van der Waals surface area contributed by atoms with Crippen molar-refractivity contribution < 1.29 is 4.68 Å². The normalized spacial score (nSPS) is 9.29. The summed E-state index contributed by atoms with van der Waals surface area (Å²) in [6.45, 7) is 0. The number of rotatable bonds is 0. The van der Waals surface area contributed by atoms with Crippen molar-refractivity contribution >= 4 is 0 Å². The Morgan fingerprint density at radius 1 is 1.71 bits per heavy atom. The summed E-state index contributed by atoms with van der Waals surface area (Å²) in [5, 5.41) is 0. The van der Waals surface area contributed by atoms with Gasteiger partial charge in [0.1, 0.15) is 13.2 Å². The quantitative estimate of drug-likeness (QED) is 0.329. The molecule has 0 unspecified atom stereocenters. The second-order valence-electron chi connectivity index (χ2n) is 1.44. The van der Waals surface area contributed by atoms with E-state index < -0.39 is 0 Å². The van der Waals surface area contributed by atoms with Gasteiger partial charge in [-0.15, -0.1) is 0 Å². The Labute approximate surface area is 41.9 Å². The summed E-state index contributed by atoms with van der Waals surface area (Å²) >= 11 is 0. The molecule has 0 atom stereocenters. The third-order valence-electron chi connectivity index (χ3n) is 0.905. The van der Waals surface area contributed by atoms with Gasteiger partial charge in [0, 0.05) is 6.07 Å². The fourth-order valence-electron chi connectivity index (χ4n) is 0.433. The summed E-state index contributed by atoms with van der Waals surface area (Å²) < 4.78 is 1.78. The van der Waals surface area contributed by atoms with Crippen LogP contribution in [0.1, 0.15) is 0 Å². The van der Waals surface area contributed by atoms with Crippen molar-refractivity contribution in [3.63, 3.8) is 0 Å². The van der Waals surface area contributed by atoms with E-state index in [1.165, 1.54) is 4.79 Å². The molecular weight excluding hydrogens is 90.1 g/mol. The van der Waals surface area contributed by atoms with Crippen LogP contribution in [0.15, 0.2) is 18.5 Å². The molecule has 3 nitrogen and oxygen atoms in total. The van der Waals surface area contributed by atoms with Crippen LogP contribution in [0.4, 0.5) is 0 Å². The third-order valence-corrected chi connectivity index (χ3v) is 0.905. The van der Waals surface area contributed by atoms with Crippen LogP contribution in [0.5, 0.6) is 0 Å². The van der Waals surface area contributed by atoms with E-state index in [9.17, 15) is 0 Å². The highest BCUT2D eigenvalue weighted by atomic mass is 15.5. The highest BCUT2D eigenvalue weighted by Gasteiger charge is 1.86. The first-order valence-corrected chi connectivity index (χ1v) is 2.09. The summed E-state index contributed by atoms with van der Waals surface area (Å²) in [5.41, 5.74) is 0. The topological polar surface area (TPSA) is 34.8 Å². The molecule has 0 fully saturated rings. The number of hydrogen-bond acceptors (Lipinski definition) is 1. The first-order chi connectivity index (χ1) is 3.30. The van der Waals surface area contributed by atoms with Crippen LogP contribution in [0.3, 0.4) is 0 Å². The first kappa shape index (κ1) is 4.18. The van der Waals surface area contributed by atoms with Crippen molar-refractivity contribution in [1.29, 1.82) is 0 Å². The zero-order valence-corrected chi connectivity index (χ0v) is 4.20. The van der Waals surface area contributed by atoms with Gasteiger partial charge in [0.25, 0.3) is 0 Å². The lowest BCUT2D eigenvalue weighted by atomic mass is 10.8. The van der Waals surface area contributed by atoms with Crippen LogP contribution in [0.2, 0.25) is 0 Å². The summed E-state index contributed by atoms with van der Waals surface area (Å²) in [7, 11) is 1.88. The third kappa shape index (κ3) is 0.559. The molecule has 38 valence electrons.